The molecule has 0 aliphatic rings. The maximum absolute atomic E-state index is 13.9. The van der Waals surface area contributed by atoms with Gasteiger partial charge in [-0.15, -0.1) is 0 Å². The Labute approximate surface area is 230 Å². The summed E-state index contributed by atoms with van der Waals surface area (Å²) in [5.41, 5.74) is 2.07. The van der Waals surface area contributed by atoms with E-state index in [0.29, 0.717) is 6.54 Å². The third-order valence-corrected chi connectivity index (χ3v) is 8.30. The van der Waals surface area contributed by atoms with Crippen LogP contribution in [-0.4, -0.2) is 44.3 Å². The summed E-state index contributed by atoms with van der Waals surface area (Å²) in [7, 11) is -4.15. The van der Waals surface area contributed by atoms with E-state index in [2.05, 4.69) is 5.32 Å². The average Bonchev–Trinajstić information content (AvgIpc) is 2.92. The number of rotatable bonds is 12. The normalized spacial score (nSPS) is 12.0. The first-order valence-electron chi connectivity index (χ1n) is 12.6. The molecule has 0 unspecified atom stereocenters. The lowest BCUT2D eigenvalue weighted by Crippen LogP contribution is -2.51. The number of para-hydroxylation sites is 1. The zero-order valence-electron chi connectivity index (χ0n) is 21.9. The van der Waals surface area contributed by atoms with Gasteiger partial charge < -0.3 is 10.2 Å². The third-order valence-electron chi connectivity index (χ3n) is 6.20. The number of carbonyl (C=O) groups excluding carboxylic acids is 2. The third kappa shape index (κ3) is 7.36. The van der Waals surface area contributed by atoms with Crippen LogP contribution in [0, 0.1) is 6.92 Å². The summed E-state index contributed by atoms with van der Waals surface area (Å²) in [4.78, 5) is 28.3. The van der Waals surface area contributed by atoms with Crippen molar-refractivity contribution in [2.45, 2.75) is 51.1 Å². The first kappa shape index (κ1) is 29.2. The number of nitrogens with zero attached hydrogens (tertiary/aromatic N) is 2. The fourth-order valence-corrected chi connectivity index (χ4v) is 5.64. The van der Waals surface area contributed by atoms with Crippen LogP contribution in [0.5, 0.6) is 0 Å². The molecule has 1 N–H and O–H groups in total. The lowest BCUT2D eigenvalue weighted by molar-refractivity contribution is -0.139. The van der Waals surface area contributed by atoms with Crippen LogP contribution in [0.25, 0.3) is 0 Å². The number of aryl methyl sites for hydroxylation is 1. The molecule has 9 heteroatoms. The lowest BCUT2D eigenvalue weighted by atomic mass is 10.1. The number of unbranched alkanes of at least 4 members (excludes halogenated alkanes) is 1. The Bertz CT molecular complexity index is 1330. The van der Waals surface area contributed by atoms with Gasteiger partial charge in [0.1, 0.15) is 12.6 Å². The minimum atomic E-state index is -4.15. The molecule has 0 bridgehead atoms. The molecule has 3 rings (SSSR count). The maximum Gasteiger partial charge on any atom is 0.264 e. The molecule has 3 aromatic rings. The molecule has 0 aromatic heterocycles. The molecule has 2 amide bonds. The second kappa shape index (κ2) is 13.4. The van der Waals surface area contributed by atoms with Crippen molar-refractivity contribution in [2.24, 2.45) is 0 Å². The van der Waals surface area contributed by atoms with Crippen LogP contribution in [0.15, 0.2) is 83.8 Å². The van der Waals surface area contributed by atoms with E-state index in [9.17, 15) is 18.0 Å². The zero-order valence-corrected chi connectivity index (χ0v) is 23.5. The second-order valence-corrected chi connectivity index (χ2v) is 11.4. The molecule has 7 nitrogen and oxygen atoms in total. The molecule has 0 fully saturated rings. The molecule has 0 saturated heterocycles. The molecule has 0 heterocycles. The number of nitrogens with one attached hydrogen (secondary N) is 1. The van der Waals surface area contributed by atoms with Gasteiger partial charge in [0.15, 0.2) is 0 Å². The lowest BCUT2D eigenvalue weighted by Gasteiger charge is -2.32. The van der Waals surface area contributed by atoms with Crippen molar-refractivity contribution in [1.82, 2.24) is 10.2 Å². The van der Waals surface area contributed by atoms with Gasteiger partial charge in [0.2, 0.25) is 11.8 Å². The van der Waals surface area contributed by atoms with E-state index in [0.717, 1.165) is 28.3 Å². The van der Waals surface area contributed by atoms with Gasteiger partial charge in [0, 0.05) is 13.1 Å². The highest BCUT2D eigenvalue weighted by Gasteiger charge is 2.33. The maximum atomic E-state index is 13.9. The predicted molar refractivity (Wildman–Crippen MR) is 152 cm³/mol. The summed E-state index contributed by atoms with van der Waals surface area (Å²) in [6.45, 7) is 5.76. The number of benzene rings is 3. The highest BCUT2D eigenvalue weighted by molar-refractivity contribution is 7.92. The Kier molecular flexibility index (Phi) is 10.3. The fourth-order valence-electron chi connectivity index (χ4n) is 3.90. The highest BCUT2D eigenvalue weighted by atomic mass is 35.5. The van der Waals surface area contributed by atoms with Crippen LogP contribution in [0.2, 0.25) is 5.02 Å². The van der Waals surface area contributed by atoms with Gasteiger partial charge in [-0.3, -0.25) is 13.9 Å². The number of carbonyl (C=O) groups is 2. The SMILES string of the molecule is CCCCNC(=O)[C@@H](C)N(Cc1ccc(C)cc1)C(=O)CN(c1ccccc1Cl)S(=O)(=O)c1ccccc1. The smallest absolute Gasteiger partial charge is 0.264 e. The van der Waals surface area contributed by atoms with Crippen molar-refractivity contribution < 1.29 is 18.0 Å². The van der Waals surface area contributed by atoms with Crippen molar-refractivity contribution in [3.8, 4) is 0 Å². The van der Waals surface area contributed by atoms with E-state index >= 15 is 0 Å². The monoisotopic (exact) mass is 555 g/mol. The minimum Gasteiger partial charge on any atom is -0.354 e. The number of hydrogen-bond donors (Lipinski definition) is 1. The molecule has 1 atom stereocenters. The molecular weight excluding hydrogens is 522 g/mol. The van der Waals surface area contributed by atoms with Gasteiger partial charge >= 0.3 is 0 Å². The number of anilines is 1. The van der Waals surface area contributed by atoms with Crippen LogP contribution in [-0.2, 0) is 26.2 Å². The van der Waals surface area contributed by atoms with E-state index in [1.165, 1.54) is 17.0 Å². The van der Waals surface area contributed by atoms with Crippen LogP contribution in [0.1, 0.15) is 37.8 Å². The standard InChI is InChI=1S/C29H34ClN3O4S/c1-4-5-19-31-29(35)23(3)32(20-24-17-15-22(2)16-18-24)28(34)21-33(27-14-10-9-13-26(27)30)38(36,37)25-11-7-6-8-12-25/h6-18,23H,4-5,19-21H2,1-3H3,(H,31,35)/t23-/m1/s1. The van der Waals surface area contributed by atoms with Gasteiger partial charge in [0.05, 0.1) is 15.6 Å². The average molecular weight is 556 g/mol. The fraction of sp³-hybridized carbons (Fsp3) is 0.310. The summed E-state index contributed by atoms with van der Waals surface area (Å²) in [5.74, 6) is -0.822. The van der Waals surface area contributed by atoms with E-state index < -0.39 is 28.5 Å². The number of halogens is 1. The van der Waals surface area contributed by atoms with E-state index in [1.54, 1.807) is 49.4 Å². The van der Waals surface area contributed by atoms with Gasteiger partial charge in [-0.25, -0.2) is 8.42 Å². The van der Waals surface area contributed by atoms with Crippen LogP contribution >= 0.6 is 11.6 Å². The first-order chi connectivity index (χ1) is 18.1. The van der Waals surface area contributed by atoms with E-state index in [-0.39, 0.29) is 28.1 Å². The van der Waals surface area contributed by atoms with Crippen LogP contribution in [0.4, 0.5) is 5.69 Å². The molecule has 0 radical (unpaired) electrons. The Morgan fingerprint density at radius 1 is 0.947 bits per heavy atom. The molecule has 0 aliphatic heterocycles. The van der Waals surface area contributed by atoms with Gasteiger partial charge in [-0.1, -0.05) is 85.1 Å². The predicted octanol–water partition coefficient (Wildman–Crippen LogP) is 5.18. The summed E-state index contributed by atoms with van der Waals surface area (Å²) in [6.07, 6.45) is 1.74. The van der Waals surface area contributed by atoms with Gasteiger partial charge in [-0.05, 0) is 50.1 Å². The van der Waals surface area contributed by atoms with Crippen molar-refractivity contribution >= 4 is 39.1 Å². The molecule has 0 saturated carbocycles. The van der Waals surface area contributed by atoms with Crippen molar-refractivity contribution in [2.75, 3.05) is 17.4 Å². The highest BCUT2D eigenvalue weighted by Crippen LogP contribution is 2.30. The molecular formula is C29H34ClN3O4S. The molecule has 0 aliphatic carbocycles. The summed E-state index contributed by atoms with van der Waals surface area (Å²) in [5, 5.41) is 3.07. The minimum absolute atomic E-state index is 0.0307. The van der Waals surface area contributed by atoms with E-state index in [4.69, 9.17) is 11.6 Å². The summed E-state index contributed by atoms with van der Waals surface area (Å²) < 4.78 is 28.5. The molecule has 38 heavy (non-hydrogen) atoms. The van der Waals surface area contributed by atoms with Crippen LogP contribution in [0.3, 0.4) is 0 Å². The molecule has 202 valence electrons. The van der Waals surface area contributed by atoms with Crippen LogP contribution < -0.4 is 9.62 Å². The topological polar surface area (TPSA) is 86.8 Å². The Balaban J connectivity index is 1.99. The second-order valence-electron chi connectivity index (χ2n) is 9.10. The van der Waals surface area contributed by atoms with Crippen molar-refractivity contribution in [3.05, 3.63) is 95.0 Å². The largest absolute Gasteiger partial charge is 0.354 e. The Morgan fingerprint density at radius 2 is 1.58 bits per heavy atom. The molecule has 3 aromatic carbocycles. The van der Waals surface area contributed by atoms with Gasteiger partial charge in [0.25, 0.3) is 10.0 Å². The number of sulfonamides is 1. The van der Waals surface area contributed by atoms with Crippen molar-refractivity contribution in [1.29, 1.82) is 0 Å². The quantitative estimate of drug-likeness (QED) is 0.312. The van der Waals surface area contributed by atoms with Crippen molar-refractivity contribution in [3.63, 3.8) is 0 Å². The Morgan fingerprint density at radius 3 is 2.21 bits per heavy atom. The number of hydrogen-bond acceptors (Lipinski definition) is 4. The zero-order chi connectivity index (χ0) is 27.7. The van der Waals surface area contributed by atoms with E-state index in [1.807, 2.05) is 38.1 Å². The first-order valence-corrected chi connectivity index (χ1v) is 14.4. The molecule has 0 spiro atoms. The Hall–Kier alpha value is -3.36. The number of amides is 2. The van der Waals surface area contributed by atoms with Gasteiger partial charge in [-0.2, -0.15) is 0 Å². The summed E-state index contributed by atoms with van der Waals surface area (Å²) >= 11 is 6.41. The summed E-state index contributed by atoms with van der Waals surface area (Å²) in [6, 6.07) is 21.2.